The molecule has 3 aliphatic heterocycles. The van der Waals surface area contributed by atoms with Crippen LogP contribution < -0.4 is 0 Å². The molecule has 3 heterocycles. The first-order valence-corrected chi connectivity index (χ1v) is 13.9. The molecule has 18 nitrogen and oxygen atoms in total. The van der Waals surface area contributed by atoms with E-state index in [2.05, 4.69) is 0 Å². The maximum atomic E-state index is 12.3. The van der Waals surface area contributed by atoms with Crippen LogP contribution >= 0.6 is 0 Å². The van der Waals surface area contributed by atoms with Gasteiger partial charge in [-0.2, -0.15) is 0 Å². The lowest BCUT2D eigenvalue weighted by Crippen LogP contribution is -2.66. The van der Waals surface area contributed by atoms with Crippen LogP contribution in [0.4, 0.5) is 0 Å². The molecule has 0 bridgehead atoms. The summed E-state index contributed by atoms with van der Waals surface area (Å²) in [6, 6.07) is 0. The summed E-state index contributed by atoms with van der Waals surface area (Å²) in [5.74, 6) is -6.35. The summed E-state index contributed by atoms with van der Waals surface area (Å²) in [4.78, 5) is 72.2. The van der Waals surface area contributed by atoms with Crippen LogP contribution in [0.15, 0.2) is 0 Å². The number of rotatable bonds is 11. The van der Waals surface area contributed by atoms with Gasteiger partial charge in [0.15, 0.2) is 43.1 Å². The summed E-state index contributed by atoms with van der Waals surface area (Å²) in [5, 5.41) is 0. The van der Waals surface area contributed by atoms with E-state index in [9.17, 15) is 28.8 Å². The number of hydrogen-bond donors (Lipinski definition) is 0. The van der Waals surface area contributed by atoms with E-state index in [0.29, 0.717) is 0 Å². The molecule has 18 heteroatoms. The fourth-order valence-corrected chi connectivity index (χ4v) is 4.96. The number of ether oxygens (including phenoxy) is 12. The molecule has 0 aromatic rings. The SMILES string of the molecule is COC1(C)O[C@H]2O[C@H](COC(C)=O)[C@@H](O[C@@H]3O[C@H](COC(C)=O)[C@@H](OC(C)=O)[C@H](OC(C)=O)[C@H]3OC(C)=O)[C@H](OC(C)=O)[C@H]2O1. The van der Waals surface area contributed by atoms with E-state index in [1.807, 2.05) is 0 Å². The van der Waals surface area contributed by atoms with Gasteiger partial charge in [-0.3, -0.25) is 33.5 Å². The van der Waals surface area contributed by atoms with E-state index in [-0.39, 0.29) is 0 Å². The molecular weight excluding hydrogens is 612 g/mol. The third-order valence-corrected chi connectivity index (χ3v) is 6.63. The number of esters is 6. The quantitative estimate of drug-likeness (QED) is 0.202. The standard InChI is InChI=1S/C27H38O18/c1-11(28)35-9-17-19(37-13(3)30)21(38-14(4)31)23(40-16(6)33)25(41-17)43-20-18(10-36-12(2)29)42-26-24(22(20)39-15(5)32)44-27(7,34-8)45-26/h17-26H,9-10H2,1-8H3/t17-,18-,19-,20-,21+,22+,23-,24-,25+,26-,27?/m1/s1. The van der Waals surface area contributed by atoms with Crippen molar-refractivity contribution in [3.63, 3.8) is 0 Å². The smallest absolute Gasteiger partial charge is 0.303 e. The van der Waals surface area contributed by atoms with Crippen molar-refractivity contribution < 1.29 is 85.6 Å². The normalized spacial score (nSPS) is 35.7. The molecule has 0 radical (unpaired) electrons. The zero-order valence-electron chi connectivity index (χ0n) is 26.0. The monoisotopic (exact) mass is 650 g/mol. The van der Waals surface area contributed by atoms with Gasteiger partial charge in [0, 0.05) is 55.6 Å². The highest BCUT2D eigenvalue weighted by molar-refractivity contribution is 5.69. The molecule has 0 aromatic heterocycles. The van der Waals surface area contributed by atoms with Crippen molar-refractivity contribution in [2.24, 2.45) is 0 Å². The molecule has 3 fully saturated rings. The molecule has 0 amide bonds. The van der Waals surface area contributed by atoms with Crippen molar-refractivity contribution in [3.05, 3.63) is 0 Å². The van der Waals surface area contributed by atoms with Crippen LogP contribution in [-0.4, -0.2) is 124 Å². The molecule has 254 valence electrons. The lowest BCUT2D eigenvalue weighted by molar-refractivity contribution is -0.350. The third-order valence-electron chi connectivity index (χ3n) is 6.63. The molecule has 0 N–H and O–H groups in total. The van der Waals surface area contributed by atoms with Gasteiger partial charge in [-0.15, -0.1) is 0 Å². The predicted octanol–water partition coefficient (Wildman–Crippen LogP) is -0.590. The van der Waals surface area contributed by atoms with Gasteiger partial charge in [-0.25, -0.2) is 0 Å². The van der Waals surface area contributed by atoms with Crippen molar-refractivity contribution >= 4 is 35.8 Å². The Hall–Kier alpha value is -3.42. The first-order chi connectivity index (χ1) is 21.0. The Morgan fingerprint density at radius 1 is 0.578 bits per heavy atom. The van der Waals surface area contributed by atoms with Gasteiger partial charge < -0.3 is 52.1 Å². The van der Waals surface area contributed by atoms with Crippen molar-refractivity contribution in [3.8, 4) is 0 Å². The van der Waals surface area contributed by atoms with E-state index in [1.165, 1.54) is 14.0 Å². The zero-order chi connectivity index (χ0) is 33.6. The Balaban J connectivity index is 2.09. The summed E-state index contributed by atoms with van der Waals surface area (Å²) in [6.07, 6.45) is -14.0. The predicted molar refractivity (Wildman–Crippen MR) is 139 cm³/mol. The van der Waals surface area contributed by atoms with E-state index in [1.54, 1.807) is 0 Å². The Labute approximate surface area is 258 Å². The number of methoxy groups -OCH3 is 1. The molecule has 1 unspecified atom stereocenters. The highest BCUT2D eigenvalue weighted by atomic mass is 16.9. The van der Waals surface area contributed by atoms with E-state index < -0.39 is 116 Å². The van der Waals surface area contributed by atoms with Crippen LogP contribution in [0, 0.1) is 0 Å². The fraction of sp³-hybridized carbons (Fsp3) is 0.778. The van der Waals surface area contributed by atoms with Crippen molar-refractivity contribution in [1.82, 2.24) is 0 Å². The lowest BCUT2D eigenvalue weighted by atomic mass is 9.96. The first kappa shape index (κ1) is 36.1. The highest BCUT2D eigenvalue weighted by Crippen LogP contribution is 2.41. The molecule has 0 aromatic carbocycles. The molecule has 11 atom stereocenters. The largest absolute Gasteiger partial charge is 0.463 e. The fourth-order valence-electron chi connectivity index (χ4n) is 4.96. The number of fused-ring (bicyclic) bond motifs is 1. The number of hydrogen-bond acceptors (Lipinski definition) is 18. The molecule has 45 heavy (non-hydrogen) atoms. The van der Waals surface area contributed by atoms with Crippen molar-refractivity contribution in [1.29, 1.82) is 0 Å². The third kappa shape index (κ3) is 9.54. The van der Waals surface area contributed by atoms with Crippen LogP contribution in [-0.2, 0) is 85.6 Å². The van der Waals surface area contributed by atoms with Gasteiger partial charge in [0.25, 0.3) is 5.97 Å². The zero-order valence-corrected chi connectivity index (χ0v) is 26.0. The molecule has 0 saturated carbocycles. The Morgan fingerprint density at radius 2 is 1.04 bits per heavy atom. The van der Waals surface area contributed by atoms with Crippen molar-refractivity contribution in [2.45, 2.75) is 116 Å². The Bertz CT molecular complexity index is 1130. The number of carbonyl (C=O) groups is 6. The first-order valence-electron chi connectivity index (χ1n) is 13.9. The minimum Gasteiger partial charge on any atom is -0.463 e. The minimum absolute atomic E-state index is 0.445. The van der Waals surface area contributed by atoms with E-state index in [4.69, 9.17) is 56.8 Å². The van der Waals surface area contributed by atoms with Gasteiger partial charge in [0.05, 0.1) is 0 Å². The molecular formula is C27H38O18. The average molecular weight is 651 g/mol. The molecule has 3 rings (SSSR count). The second-order valence-electron chi connectivity index (χ2n) is 10.4. The second kappa shape index (κ2) is 15.2. The van der Waals surface area contributed by atoms with Gasteiger partial charge in [0.1, 0.15) is 31.5 Å². The molecule has 0 aliphatic carbocycles. The van der Waals surface area contributed by atoms with Crippen LogP contribution in [0.1, 0.15) is 48.5 Å². The van der Waals surface area contributed by atoms with Gasteiger partial charge in [-0.1, -0.05) is 0 Å². The minimum atomic E-state index is -1.69. The lowest BCUT2D eigenvalue weighted by Gasteiger charge is -2.47. The van der Waals surface area contributed by atoms with Gasteiger partial charge >= 0.3 is 35.8 Å². The van der Waals surface area contributed by atoms with Crippen LogP contribution in [0.5, 0.6) is 0 Å². The maximum Gasteiger partial charge on any atom is 0.303 e. The van der Waals surface area contributed by atoms with Crippen LogP contribution in [0.3, 0.4) is 0 Å². The van der Waals surface area contributed by atoms with Crippen LogP contribution in [0.2, 0.25) is 0 Å². The molecule has 0 spiro atoms. The molecule has 3 aliphatic rings. The maximum absolute atomic E-state index is 12.3. The van der Waals surface area contributed by atoms with E-state index >= 15 is 0 Å². The van der Waals surface area contributed by atoms with Gasteiger partial charge in [-0.05, 0) is 0 Å². The Kier molecular flexibility index (Phi) is 12.2. The second-order valence-corrected chi connectivity index (χ2v) is 10.4. The summed E-state index contributed by atoms with van der Waals surface area (Å²) in [7, 11) is 1.31. The molecule has 3 saturated heterocycles. The summed E-state index contributed by atoms with van der Waals surface area (Å²) >= 11 is 0. The average Bonchev–Trinajstić information content (AvgIpc) is 3.26. The summed E-state index contributed by atoms with van der Waals surface area (Å²) < 4.78 is 67.3. The summed E-state index contributed by atoms with van der Waals surface area (Å²) in [6.45, 7) is 7.08. The van der Waals surface area contributed by atoms with Crippen LogP contribution in [0.25, 0.3) is 0 Å². The highest BCUT2D eigenvalue weighted by Gasteiger charge is 2.61. The number of carbonyl (C=O) groups excluding carboxylic acids is 6. The summed E-state index contributed by atoms with van der Waals surface area (Å²) in [5.41, 5.74) is 0. The van der Waals surface area contributed by atoms with E-state index in [0.717, 1.165) is 41.5 Å². The van der Waals surface area contributed by atoms with Gasteiger partial charge in [0.2, 0.25) is 0 Å². The Morgan fingerprint density at radius 3 is 1.53 bits per heavy atom. The topological polar surface area (TPSA) is 213 Å². The van der Waals surface area contributed by atoms with Crippen molar-refractivity contribution in [2.75, 3.05) is 20.3 Å².